The van der Waals surface area contributed by atoms with E-state index >= 15 is 0 Å². The van der Waals surface area contributed by atoms with Gasteiger partial charge in [0.25, 0.3) is 5.56 Å². The van der Waals surface area contributed by atoms with Crippen LogP contribution in [0.4, 0.5) is 0 Å². The van der Waals surface area contributed by atoms with E-state index in [-0.39, 0.29) is 11.7 Å². The van der Waals surface area contributed by atoms with Crippen LogP contribution in [0.2, 0.25) is 0 Å². The number of nitrogens with zero attached hydrogens (tertiary/aromatic N) is 5. The Kier molecular flexibility index (Phi) is 6.01. The zero-order valence-corrected chi connectivity index (χ0v) is 18.3. The summed E-state index contributed by atoms with van der Waals surface area (Å²) in [4.78, 5) is 17.4. The van der Waals surface area contributed by atoms with Crippen LogP contribution in [0, 0.1) is 6.92 Å². The first-order valence-corrected chi connectivity index (χ1v) is 11.3. The van der Waals surface area contributed by atoms with Crippen molar-refractivity contribution in [2.45, 2.75) is 37.4 Å². The van der Waals surface area contributed by atoms with Gasteiger partial charge in [-0.3, -0.25) is 13.8 Å². The van der Waals surface area contributed by atoms with Gasteiger partial charge in [-0.2, -0.15) is 0 Å². The number of benzene rings is 1. The molecule has 0 spiro atoms. The molecule has 3 aromatic heterocycles. The van der Waals surface area contributed by atoms with Gasteiger partial charge < -0.3 is 4.74 Å². The predicted octanol–water partition coefficient (Wildman–Crippen LogP) is 4.27. The van der Waals surface area contributed by atoms with Gasteiger partial charge in [-0.25, -0.2) is 4.98 Å². The molecule has 154 valence electrons. The Balaban J connectivity index is 1.54. The fourth-order valence-corrected chi connectivity index (χ4v) is 4.64. The minimum Gasteiger partial charge on any atom is -0.483 e. The van der Waals surface area contributed by atoms with Crippen molar-refractivity contribution < 1.29 is 4.74 Å². The van der Waals surface area contributed by atoms with Crippen LogP contribution in [0.25, 0.3) is 4.96 Å². The lowest BCUT2D eigenvalue weighted by Gasteiger charge is -2.16. The smallest absolute Gasteiger partial charge is 0.258 e. The average Bonchev–Trinajstić information content (AvgIpc) is 3.34. The van der Waals surface area contributed by atoms with Crippen molar-refractivity contribution in [3.63, 3.8) is 0 Å². The molecule has 3 heterocycles. The van der Waals surface area contributed by atoms with E-state index in [0.29, 0.717) is 23.0 Å². The maximum absolute atomic E-state index is 12.2. The highest BCUT2D eigenvalue weighted by Crippen LogP contribution is 2.26. The third-order valence-electron chi connectivity index (χ3n) is 4.43. The number of allylic oxidation sites excluding steroid dienone is 1. The summed E-state index contributed by atoms with van der Waals surface area (Å²) in [5.41, 5.74) is 1.77. The number of hydrogen-bond donors (Lipinski definition) is 0. The second kappa shape index (κ2) is 8.85. The van der Waals surface area contributed by atoms with Crippen LogP contribution in [-0.4, -0.2) is 24.1 Å². The summed E-state index contributed by atoms with van der Waals surface area (Å²) in [5.74, 6) is 2.03. The standard InChI is InChI=1S/C21H21N5O2S2/c1-4-8-26-19(15(3)28-17-7-5-6-14(2)11-17)23-24-21(26)30-13-16-12-18(27)25-9-10-29-20(25)22-16/h4-7,9-12,15H,1,8,13H2,2-3H3. The molecule has 9 heteroatoms. The summed E-state index contributed by atoms with van der Waals surface area (Å²) < 4.78 is 9.60. The highest BCUT2D eigenvalue weighted by Gasteiger charge is 2.19. The predicted molar refractivity (Wildman–Crippen MR) is 119 cm³/mol. The van der Waals surface area contributed by atoms with Gasteiger partial charge >= 0.3 is 0 Å². The van der Waals surface area contributed by atoms with E-state index in [9.17, 15) is 4.79 Å². The number of thioether (sulfide) groups is 1. The summed E-state index contributed by atoms with van der Waals surface area (Å²) in [6.07, 6.45) is 3.26. The maximum Gasteiger partial charge on any atom is 0.258 e. The third kappa shape index (κ3) is 4.31. The van der Waals surface area contributed by atoms with Crippen molar-refractivity contribution >= 4 is 28.1 Å². The molecule has 0 N–H and O–H groups in total. The number of aryl methyl sites for hydroxylation is 1. The molecular formula is C21H21N5O2S2. The zero-order valence-electron chi connectivity index (χ0n) is 16.7. The van der Waals surface area contributed by atoms with Gasteiger partial charge in [0.1, 0.15) is 5.75 Å². The van der Waals surface area contributed by atoms with E-state index in [4.69, 9.17) is 4.74 Å². The van der Waals surface area contributed by atoms with Crippen molar-refractivity contribution in [1.82, 2.24) is 24.1 Å². The number of thiazole rings is 1. The van der Waals surface area contributed by atoms with Gasteiger partial charge in [-0.15, -0.1) is 28.1 Å². The fourth-order valence-electron chi connectivity index (χ4n) is 3.05. The van der Waals surface area contributed by atoms with Gasteiger partial charge in [-0.05, 0) is 31.5 Å². The molecule has 0 bridgehead atoms. The minimum atomic E-state index is -0.279. The van der Waals surface area contributed by atoms with Crippen molar-refractivity contribution in [2.75, 3.05) is 0 Å². The Hall–Kier alpha value is -2.91. The Morgan fingerprint density at radius 2 is 2.20 bits per heavy atom. The maximum atomic E-state index is 12.2. The number of aromatic nitrogens is 5. The monoisotopic (exact) mass is 439 g/mol. The first-order valence-electron chi connectivity index (χ1n) is 9.41. The lowest BCUT2D eigenvalue weighted by atomic mass is 10.2. The van der Waals surface area contributed by atoms with E-state index in [1.807, 2.05) is 48.1 Å². The molecule has 0 saturated carbocycles. The van der Waals surface area contributed by atoms with Crippen molar-refractivity contribution in [2.24, 2.45) is 0 Å². The van der Waals surface area contributed by atoms with Gasteiger partial charge in [0.05, 0.1) is 5.69 Å². The molecule has 0 saturated heterocycles. The number of fused-ring (bicyclic) bond motifs is 1. The number of ether oxygens (including phenoxy) is 1. The van der Waals surface area contributed by atoms with E-state index in [2.05, 4.69) is 21.8 Å². The Labute approximate surface area is 182 Å². The molecule has 4 rings (SSSR count). The lowest BCUT2D eigenvalue weighted by Crippen LogP contribution is -2.13. The molecule has 1 atom stereocenters. The first-order chi connectivity index (χ1) is 14.5. The molecule has 7 nitrogen and oxygen atoms in total. The Bertz CT molecular complexity index is 1240. The Morgan fingerprint density at radius 3 is 3.00 bits per heavy atom. The Morgan fingerprint density at radius 1 is 1.33 bits per heavy atom. The van der Waals surface area contributed by atoms with Crippen LogP contribution in [0.15, 0.2) is 64.5 Å². The van der Waals surface area contributed by atoms with Gasteiger partial charge in [-0.1, -0.05) is 30.0 Å². The lowest BCUT2D eigenvalue weighted by molar-refractivity contribution is 0.210. The van der Waals surface area contributed by atoms with Crippen LogP contribution in [0.3, 0.4) is 0 Å². The van der Waals surface area contributed by atoms with Crippen LogP contribution in [0.5, 0.6) is 5.75 Å². The molecule has 30 heavy (non-hydrogen) atoms. The zero-order chi connectivity index (χ0) is 21.1. The molecule has 1 aromatic carbocycles. The van der Waals surface area contributed by atoms with Gasteiger partial charge in [0.15, 0.2) is 22.0 Å². The van der Waals surface area contributed by atoms with E-state index in [0.717, 1.165) is 22.3 Å². The number of rotatable bonds is 8. The topological polar surface area (TPSA) is 74.3 Å². The molecule has 1 unspecified atom stereocenters. The molecule has 0 amide bonds. The molecule has 0 aliphatic rings. The SMILES string of the molecule is C=CCn1c(SCc2cc(=O)n3ccsc3n2)nnc1C(C)Oc1cccc(C)c1. The van der Waals surface area contributed by atoms with Crippen LogP contribution < -0.4 is 10.3 Å². The van der Waals surface area contributed by atoms with Crippen LogP contribution in [0.1, 0.15) is 30.1 Å². The average molecular weight is 440 g/mol. The van der Waals surface area contributed by atoms with Gasteiger partial charge in [0, 0.05) is 29.9 Å². The summed E-state index contributed by atoms with van der Waals surface area (Å²) in [6, 6.07) is 9.47. The molecule has 4 aromatic rings. The summed E-state index contributed by atoms with van der Waals surface area (Å²) in [7, 11) is 0. The largest absolute Gasteiger partial charge is 0.483 e. The highest BCUT2D eigenvalue weighted by molar-refractivity contribution is 7.98. The van der Waals surface area contributed by atoms with Crippen LogP contribution >= 0.6 is 23.1 Å². The molecule has 0 aliphatic carbocycles. The summed E-state index contributed by atoms with van der Waals surface area (Å²) >= 11 is 2.93. The second-order valence-electron chi connectivity index (χ2n) is 6.75. The van der Waals surface area contributed by atoms with Gasteiger partial charge in [0.2, 0.25) is 0 Å². The van der Waals surface area contributed by atoms with E-state index < -0.39 is 0 Å². The quantitative estimate of drug-likeness (QED) is 0.301. The summed E-state index contributed by atoms with van der Waals surface area (Å²) in [6.45, 7) is 8.39. The number of hydrogen-bond acceptors (Lipinski definition) is 7. The van der Waals surface area contributed by atoms with Crippen molar-refractivity contribution in [3.8, 4) is 5.75 Å². The van der Waals surface area contributed by atoms with Crippen molar-refractivity contribution in [3.05, 3.63) is 82.0 Å². The highest BCUT2D eigenvalue weighted by atomic mass is 32.2. The molecule has 0 aliphatic heterocycles. The first kappa shape index (κ1) is 20.4. The van der Waals surface area contributed by atoms with E-state index in [1.165, 1.54) is 23.1 Å². The molecule has 0 radical (unpaired) electrons. The van der Waals surface area contributed by atoms with Crippen LogP contribution in [-0.2, 0) is 12.3 Å². The summed E-state index contributed by atoms with van der Waals surface area (Å²) in [5, 5.41) is 11.3. The second-order valence-corrected chi connectivity index (χ2v) is 8.56. The fraction of sp³-hybridized carbons (Fsp3) is 0.238. The molecular weight excluding hydrogens is 418 g/mol. The normalized spacial score (nSPS) is 12.2. The van der Waals surface area contributed by atoms with E-state index in [1.54, 1.807) is 22.7 Å². The minimum absolute atomic E-state index is 0.0784. The van der Waals surface area contributed by atoms with Crippen molar-refractivity contribution in [1.29, 1.82) is 0 Å². The third-order valence-corrected chi connectivity index (χ3v) is 6.19. The molecule has 0 fully saturated rings.